The van der Waals surface area contributed by atoms with Gasteiger partial charge in [-0.05, 0) is 24.6 Å². The molecule has 0 aliphatic carbocycles. The van der Waals surface area contributed by atoms with E-state index in [9.17, 15) is 9.59 Å². The van der Waals surface area contributed by atoms with Gasteiger partial charge in [-0.2, -0.15) is 0 Å². The van der Waals surface area contributed by atoms with E-state index in [0.29, 0.717) is 0 Å². The van der Waals surface area contributed by atoms with Crippen molar-refractivity contribution in [1.29, 1.82) is 0 Å². The number of carbonyl (C=O) groups excluding carboxylic acids is 1. The largest absolute Gasteiger partial charge is 0.478 e. The van der Waals surface area contributed by atoms with E-state index in [-0.39, 0.29) is 11.6 Å². The number of carboxylic acids is 1. The lowest BCUT2D eigenvalue weighted by Gasteiger charge is -2.24. The molecule has 17 heavy (non-hydrogen) atoms. The molecule has 1 atom stereocenters. The third kappa shape index (κ3) is 2.94. The number of nitrogens with one attached hydrogen (secondary N) is 1. The van der Waals surface area contributed by atoms with Gasteiger partial charge in [0, 0.05) is 7.05 Å². The van der Waals surface area contributed by atoms with Crippen LogP contribution in [0.5, 0.6) is 0 Å². The Balaban J connectivity index is 2.86. The monoisotopic (exact) mass is 237 g/mol. The molecule has 1 unspecified atom stereocenters. The molecule has 0 saturated heterocycles. The molecule has 2 amide bonds. The van der Waals surface area contributed by atoms with Crippen LogP contribution < -0.4 is 11.3 Å². The van der Waals surface area contributed by atoms with Crippen LogP contribution in [0, 0.1) is 0 Å². The van der Waals surface area contributed by atoms with Gasteiger partial charge in [0.2, 0.25) is 0 Å². The molecule has 6 heteroatoms. The van der Waals surface area contributed by atoms with E-state index >= 15 is 0 Å². The number of hydrazine groups is 1. The number of hydrogen-bond acceptors (Lipinski definition) is 3. The van der Waals surface area contributed by atoms with Gasteiger partial charge >= 0.3 is 12.0 Å². The molecular formula is C11H15N3O3. The highest BCUT2D eigenvalue weighted by molar-refractivity contribution is 5.87. The fourth-order valence-electron chi connectivity index (χ4n) is 1.41. The summed E-state index contributed by atoms with van der Waals surface area (Å²) in [5.74, 6) is 4.06. The fraction of sp³-hybridized carbons (Fsp3) is 0.273. The number of amides is 2. The number of carbonyl (C=O) groups is 2. The Labute approximate surface area is 99.0 Å². The van der Waals surface area contributed by atoms with E-state index in [0.717, 1.165) is 5.56 Å². The van der Waals surface area contributed by atoms with Crippen LogP contribution in [0.3, 0.4) is 0 Å². The summed E-state index contributed by atoms with van der Waals surface area (Å²) in [5.41, 5.74) is 3.09. The highest BCUT2D eigenvalue weighted by Gasteiger charge is 2.16. The smallest absolute Gasteiger partial charge is 0.335 e. The van der Waals surface area contributed by atoms with Crippen LogP contribution in [0.2, 0.25) is 0 Å². The third-order valence-corrected chi connectivity index (χ3v) is 2.66. The van der Waals surface area contributed by atoms with Crippen molar-refractivity contribution in [1.82, 2.24) is 10.3 Å². The van der Waals surface area contributed by atoms with Crippen molar-refractivity contribution >= 4 is 12.0 Å². The Kier molecular flexibility index (Phi) is 4.06. The van der Waals surface area contributed by atoms with Gasteiger partial charge in [-0.1, -0.05) is 12.1 Å². The molecular weight excluding hydrogens is 222 g/mol. The number of rotatable bonds is 3. The summed E-state index contributed by atoms with van der Waals surface area (Å²) in [5, 5.41) is 8.76. The van der Waals surface area contributed by atoms with E-state index in [1.807, 2.05) is 12.3 Å². The number of carboxylic acid groups (broad SMARTS) is 1. The summed E-state index contributed by atoms with van der Waals surface area (Å²) in [6.07, 6.45) is 0. The molecule has 1 rings (SSSR count). The average molecular weight is 237 g/mol. The van der Waals surface area contributed by atoms with Gasteiger partial charge in [-0.3, -0.25) is 5.43 Å². The zero-order valence-corrected chi connectivity index (χ0v) is 9.68. The standard InChI is InChI=1S/C11H15N3O3/c1-7(14(2)11(17)13-12)8-3-5-9(6-4-8)10(15)16/h3-7H,12H2,1-2H3,(H,13,17)(H,15,16). The minimum Gasteiger partial charge on any atom is -0.478 e. The summed E-state index contributed by atoms with van der Waals surface area (Å²) in [6, 6.07) is 5.76. The van der Waals surface area contributed by atoms with E-state index < -0.39 is 12.0 Å². The minimum absolute atomic E-state index is 0.193. The first kappa shape index (κ1) is 13.0. The van der Waals surface area contributed by atoms with Crippen molar-refractivity contribution in [2.75, 3.05) is 7.05 Å². The van der Waals surface area contributed by atoms with Crippen molar-refractivity contribution in [2.24, 2.45) is 5.84 Å². The summed E-state index contributed by atoms with van der Waals surface area (Å²) in [7, 11) is 1.61. The van der Waals surface area contributed by atoms with E-state index in [2.05, 4.69) is 0 Å². The second-order valence-corrected chi connectivity index (χ2v) is 3.66. The van der Waals surface area contributed by atoms with Gasteiger partial charge in [0.15, 0.2) is 0 Å². The summed E-state index contributed by atoms with van der Waals surface area (Å²) >= 11 is 0. The quantitative estimate of drug-likeness (QED) is 0.414. The SMILES string of the molecule is CC(c1ccc(C(=O)O)cc1)N(C)C(=O)NN. The lowest BCUT2D eigenvalue weighted by atomic mass is 10.1. The van der Waals surface area contributed by atoms with Crippen LogP contribution in [0.1, 0.15) is 28.9 Å². The zero-order chi connectivity index (χ0) is 13.0. The highest BCUT2D eigenvalue weighted by atomic mass is 16.4. The first-order valence-corrected chi connectivity index (χ1v) is 5.04. The van der Waals surface area contributed by atoms with Crippen molar-refractivity contribution in [3.8, 4) is 0 Å². The van der Waals surface area contributed by atoms with Crippen molar-refractivity contribution < 1.29 is 14.7 Å². The van der Waals surface area contributed by atoms with Gasteiger partial charge in [0.25, 0.3) is 0 Å². The highest BCUT2D eigenvalue weighted by Crippen LogP contribution is 2.19. The molecule has 6 nitrogen and oxygen atoms in total. The number of nitrogens with two attached hydrogens (primary N) is 1. The second kappa shape index (κ2) is 5.31. The Morgan fingerprint density at radius 1 is 1.35 bits per heavy atom. The minimum atomic E-state index is -0.975. The molecule has 0 aromatic heterocycles. The molecule has 0 spiro atoms. The summed E-state index contributed by atoms with van der Waals surface area (Å²) in [4.78, 5) is 23.4. The molecule has 0 fully saturated rings. The van der Waals surface area contributed by atoms with Gasteiger partial charge in [0.1, 0.15) is 0 Å². The maximum Gasteiger partial charge on any atom is 0.335 e. The summed E-state index contributed by atoms with van der Waals surface area (Å²) in [6.45, 7) is 1.82. The van der Waals surface area contributed by atoms with Crippen LogP contribution in [0.4, 0.5) is 4.79 Å². The Bertz CT molecular complexity index is 416. The van der Waals surface area contributed by atoms with E-state index in [4.69, 9.17) is 10.9 Å². The maximum absolute atomic E-state index is 11.3. The first-order chi connectivity index (χ1) is 7.97. The first-order valence-electron chi connectivity index (χ1n) is 5.04. The number of benzene rings is 1. The fourth-order valence-corrected chi connectivity index (χ4v) is 1.41. The van der Waals surface area contributed by atoms with Gasteiger partial charge in [-0.15, -0.1) is 0 Å². The Hall–Kier alpha value is -2.08. The van der Waals surface area contributed by atoms with Crippen molar-refractivity contribution in [3.05, 3.63) is 35.4 Å². The van der Waals surface area contributed by atoms with Crippen LogP contribution in [-0.4, -0.2) is 29.1 Å². The normalized spacial score (nSPS) is 11.7. The van der Waals surface area contributed by atoms with Crippen molar-refractivity contribution in [2.45, 2.75) is 13.0 Å². The Morgan fingerprint density at radius 3 is 2.29 bits per heavy atom. The van der Waals surface area contributed by atoms with Crippen molar-refractivity contribution in [3.63, 3.8) is 0 Å². The van der Waals surface area contributed by atoms with Crippen LogP contribution in [-0.2, 0) is 0 Å². The molecule has 1 aromatic rings. The number of nitrogens with zero attached hydrogens (tertiary/aromatic N) is 1. The number of urea groups is 1. The lowest BCUT2D eigenvalue weighted by molar-refractivity contribution is 0.0696. The maximum atomic E-state index is 11.3. The molecule has 4 N–H and O–H groups in total. The topological polar surface area (TPSA) is 95.7 Å². The average Bonchev–Trinajstić information content (AvgIpc) is 2.36. The van der Waals surface area contributed by atoms with Crippen LogP contribution >= 0.6 is 0 Å². The van der Waals surface area contributed by atoms with E-state index in [1.165, 1.54) is 17.0 Å². The molecule has 0 aliphatic rings. The molecule has 92 valence electrons. The van der Waals surface area contributed by atoms with Gasteiger partial charge in [-0.25, -0.2) is 15.4 Å². The second-order valence-electron chi connectivity index (χ2n) is 3.66. The zero-order valence-electron chi connectivity index (χ0n) is 9.68. The van der Waals surface area contributed by atoms with Crippen LogP contribution in [0.25, 0.3) is 0 Å². The summed E-state index contributed by atoms with van der Waals surface area (Å²) < 4.78 is 0. The predicted molar refractivity (Wildman–Crippen MR) is 62.3 cm³/mol. The molecule has 0 saturated carbocycles. The third-order valence-electron chi connectivity index (χ3n) is 2.66. The van der Waals surface area contributed by atoms with Gasteiger partial charge < -0.3 is 10.0 Å². The number of hydrogen-bond donors (Lipinski definition) is 3. The lowest BCUT2D eigenvalue weighted by Crippen LogP contribution is -2.42. The molecule has 0 radical (unpaired) electrons. The predicted octanol–water partition coefficient (Wildman–Crippen LogP) is 0.961. The molecule has 0 bridgehead atoms. The Morgan fingerprint density at radius 2 is 1.88 bits per heavy atom. The molecule has 1 aromatic carbocycles. The molecule has 0 aliphatic heterocycles. The van der Waals surface area contributed by atoms with E-state index in [1.54, 1.807) is 19.2 Å². The van der Waals surface area contributed by atoms with Crippen LogP contribution in [0.15, 0.2) is 24.3 Å². The molecule has 0 heterocycles. The number of aromatic carboxylic acids is 1. The van der Waals surface area contributed by atoms with Gasteiger partial charge in [0.05, 0.1) is 11.6 Å².